The van der Waals surface area contributed by atoms with E-state index in [1.165, 1.54) is 6.33 Å². The zero-order valence-corrected chi connectivity index (χ0v) is 8.77. The Kier molecular flexibility index (Phi) is 4.49. The Morgan fingerprint density at radius 2 is 1.93 bits per heavy atom. The second-order valence-electron chi connectivity index (χ2n) is 3.86. The summed E-state index contributed by atoms with van der Waals surface area (Å²) in [6.45, 7) is 4.41. The molecule has 4 nitrogen and oxygen atoms in total. The van der Waals surface area contributed by atoms with Gasteiger partial charge in [0.15, 0.2) is 0 Å². The largest absolute Gasteiger partial charge is 0.271 e. The van der Waals surface area contributed by atoms with E-state index in [1.807, 2.05) is 0 Å². The molecule has 3 N–H and O–H groups in total. The number of nitrogens with one attached hydrogen (secondary N) is 1. The predicted molar refractivity (Wildman–Crippen MR) is 56.2 cm³/mol. The molecule has 0 radical (unpaired) electrons. The maximum Gasteiger partial charge on any atom is 0.115 e. The maximum absolute atomic E-state index is 5.49. The van der Waals surface area contributed by atoms with Gasteiger partial charge in [-0.2, -0.15) is 0 Å². The molecule has 0 spiro atoms. The lowest BCUT2D eigenvalue weighted by Gasteiger charge is -2.16. The van der Waals surface area contributed by atoms with Crippen LogP contribution in [0.4, 0.5) is 0 Å². The van der Waals surface area contributed by atoms with Crippen LogP contribution in [0.25, 0.3) is 0 Å². The minimum absolute atomic E-state index is 0.165. The molecule has 14 heavy (non-hydrogen) atoms. The third-order valence-corrected chi connectivity index (χ3v) is 2.22. The first-order chi connectivity index (χ1) is 6.74. The zero-order chi connectivity index (χ0) is 10.4. The van der Waals surface area contributed by atoms with E-state index in [2.05, 4.69) is 29.2 Å². The lowest BCUT2D eigenvalue weighted by Crippen LogP contribution is -2.28. The molecule has 1 aromatic heterocycles. The van der Waals surface area contributed by atoms with Gasteiger partial charge in [0.2, 0.25) is 0 Å². The molecule has 1 rings (SSSR count). The van der Waals surface area contributed by atoms with Crippen LogP contribution in [0.15, 0.2) is 18.7 Å². The molecule has 0 aromatic carbocycles. The van der Waals surface area contributed by atoms with Gasteiger partial charge in [-0.15, -0.1) is 0 Å². The number of nitrogens with zero attached hydrogens (tertiary/aromatic N) is 2. The Morgan fingerprint density at radius 3 is 2.43 bits per heavy atom. The first-order valence-corrected chi connectivity index (χ1v) is 4.95. The van der Waals surface area contributed by atoms with E-state index >= 15 is 0 Å². The van der Waals surface area contributed by atoms with Crippen LogP contribution in [0.1, 0.15) is 38.3 Å². The van der Waals surface area contributed by atoms with E-state index in [0.29, 0.717) is 5.92 Å². The van der Waals surface area contributed by atoms with Gasteiger partial charge in [-0.05, 0) is 18.8 Å². The van der Waals surface area contributed by atoms with Crippen molar-refractivity contribution in [3.63, 3.8) is 0 Å². The molecule has 0 fully saturated rings. The average Bonchev–Trinajstić information content (AvgIpc) is 2.20. The molecule has 0 aliphatic heterocycles. The first-order valence-electron chi connectivity index (χ1n) is 4.95. The lowest BCUT2D eigenvalue weighted by molar-refractivity contribution is 0.446. The number of aromatic nitrogens is 2. The van der Waals surface area contributed by atoms with E-state index in [1.54, 1.807) is 12.4 Å². The van der Waals surface area contributed by atoms with E-state index < -0.39 is 0 Å². The van der Waals surface area contributed by atoms with Gasteiger partial charge in [-0.3, -0.25) is 11.3 Å². The van der Waals surface area contributed by atoms with Crippen molar-refractivity contribution in [1.82, 2.24) is 15.4 Å². The van der Waals surface area contributed by atoms with Crippen molar-refractivity contribution in [1.29, 1.82) is 0 Å². The van der Waals surface area contributed by atoms with Crippen molar-refractivity contribution in [2.24, 2.45) is 11.8 Å². The highest BCUT2D eigenvalue weighted by Gasteiger charge is 2.10. The molecule has 1 unspecified atom stereocenters. The summed E-state index contributed by atoms with van der Waals surface area (Å²) in [7, 11) is 0. The van der Waals surface area contributed by atoms with Gasteiger partial charge in [0.05, 0.1) is 0 Å². The standard InChI is InChI=1S/C10H18N4/c1-8(2)3-4-10(14-11)9-5-12-7-13-6-9/h5-8,10,14H,3-4,11H2,1-2H3. The lowest BCUT2D eigenvalue weighted by atomic mass is 10.0. The van der Waals surface area contributed by atoms with Gasteiger partial charge in [0.1, 0.15) is 6.33 Å². The topological polar surface area (TPSA) is 63.8 Å². The molecule has 0 bridgehead atoms. The summed E-state index contributed by atoms with van der Waals surface area (Å²) in [6, 6.07) is 0.165. The number of hydrogen-bond donors (Lipinski definition) is 2. The second-order valence-corrected chi connectivity index (χ2v) is 3.86. The normalized spacial score (nSPS) is 13.1. The smallest absolute Gasteiger partial charge is 0.115 e. The van der Waals surface area contributed by atoms with Gasteiger partial charge < -0.3 is 0 Å². The van der Waals surface area contributed by atoms with Crippen molar-refractivity contribution in [2.75, 3.05) is 0 Å². The Hall–Kier alpha value is -1.00. The molecule has 0 aliphatic rings. The van der Waals surface area contributed by atoms with Crippen LogP contribution in [-0.4, -0.2) is 9.97 Å². The summed E-state index contributed by atoms with van der Waals surface area (Å²) in [6.07, 6.45) is 7.29. The van der Waals surface area contributed by atoms with Crippen molar-refractivity contribution >= 4 is 0 Å². The van der Waals surface area contributed by atoms with Crippen molar-refractivity contribution in [2.45, 2.75) is 32.7 Å². The number of hydrogen-bond acceptors (Lipinski definition) is 4. The Bertz CT molecular complexity index is 248. The van der Waals surface area contributed by atoms with Gasteiger partial charge >= 0.3 is 0 Å². The second kappa shape index (κ2) is 5.67. The summed E-state index contributed by atoms with van der Waals surface area (Å²) in [5, 5.41) is 0. The summed E-state index contributed by atoms with van der Waals surface area (Å²) in [5.74, 6) is 6.18. The Morgan fingerprint density at radius 1 is 1.29 bits per heavy atom. The quantitative estimate of drug-likeness (QED) is 0.549. The highest BCUT2D eigenvalue weighted by molar-refractivity contribution is 5.08. The number of rotatable bonds is 5. The highest BCUT2D eigenvalue weighted by atomic mass is 15.2. The molecule has 0 saturated carbocycles. The first kappa shape index (κ1) is 11.1. The van der Waals surface area contributed by atoms with Crippen LogP contribution in [0.5, 0.6) is 0 Å². The molecule has 4 heteroatoms. The van der Waals surface area contributed by atoms with Gasteiger partial charge in [-0.1, -0.05) is 13.8 Å². The highest BCUT2D eigenvalue weighted by Crippen LogP contribution is 2.18. The van der Waals surface area contributed by atoms with E-state index in [0.717, 1.165) is 18.4 Å². The maximum atomic E-state index is 5.49. The van der Waals surface area contributed by atoms with Gasteiger partial charge in [0.25, 0.3) is 0 Å². The minimum atomic E-state index is 0.165. The molecule has 1 atom stereocenters. The Balaban J connectivity index is 2.54. The predicted octanol–water partition coefficient (Wildman–Crippen LogP) is 1.42. The number of hydrazine groups is 1. The van der Waals surface area contributed by atoms with Crippen molar-refractivity contribution in [3.8, 4) is 0 Å². The van der Waals surface area contributed by atoms with Crippen LogP contribution in [0.2, 0.25) is 0 Å². The van der Waals surface area contributed by atoms with Crippen LogP contribution < -0.4 is 11.3 Å². The van der Waals surface area contributed by atoms with Crippen molar-refractivity contribution < 1.29 is 0 Å². The van der Waals surface area contributed by atoms with Crippen LogP contribution >= 0.6 is 0 Å². The average molecular weight is 194 g/mol. The summed E-state index contributed by atoms with van der Waals surface area (Å²) < 4.78 is 0. The van der Waals surface area contributed by atoms with Crippen LogP contribution in [0, 0.1) is 5.92 Å². The zero-order valence-electron chi connectivity index (χ0n) is 8.77. The van der Waals surface area contributed by atoms with Gasteiger partial charge in [-0.25, -0.2) is 9.97 Å². The summed E-state index contributed by atoms with van der Waals surface area (Å²) >= 11 is 0. The minimum Gasteiger partial charge on any atom is -0.271 e. The third-order valence-electron chi connectivity index (χ3n) is 2.22. The fourth-order valence-corrected chi connectivity index (χ4v) is 1.34. The summed E-state index contributed by atoms with van der Waals surface area (Å²) in [4.78, 5) is 7.95. The fourth-order valence-electron chi connectivity index (χ4n) is 1.34. The third kappa shape index (κ3) is 3.40. The van der Waals surface area contributed by atoms with E-state index in [-0.39, 0.29) is 6.04 Å². The molecule has 0 saturated heterocycles. The van der Waals surface area contributed by atoms with E-state index in [9.17, 15) is 0 Å². The monoisotopic (exact) mass is 194 g/mol. The number of nitrogens with two attached hydrogens (primary N) is 1. The fraction of sp³-hybridized carbons (Fsp3) is 0.600. The summed E-state index contributed by atoms with van der Waals surface area (Å²) in [5.41, 5.74) is 3.85. The molecular weight excluding hydrogens is 176 g/mol. The van der Waals surface area contributed by atoms with Crippen LogP contribution in [0.3, 0.4) is 0 Å². The molecule has 78 valence electrons. The molecule has 1 aromatic rings. The molecule has 1 heterocycles. The van der Waals surface area contributed by atoms with Crippen molar-refractivity contribution in [3.05, 3.63) is 24.3 Å². The van der Waals surface area contributed by atoms with Gasteiger partial charge in [0, 0.05) is 24.0 Å². The molecular formula is C10H18N4. The van der Waals surface area contributed by atoms with Crippen LogP contribution in [-0.2, 0) is 0 Å². The SMILES string of the molecule is CC(C)CCC(NN)c1cncnc1. The molecule has 0 aliphatic carbocycles. The van der Waals surface area contributed by atoms with E-state index in [4.69, 9.17) is 5.84 Å². The molecule has 0 amide bonds. The Labute approximate surface area is 84.9 Å².